The van der Waals surface area contributed by atoms with Gasteiger partial charge >= 0.3 is 12.1 Å². The lowest BCUT2D eigenvalue weighted by Crippen LogP contribution is -2.24. The van der Waals surface area contributed by atoms with Crippen LogP contribution in [0.15, 0.2) is 65.8 Å². The van der Waals surface area contributed by atoms with Gasteiger partial charge in [0.15, 0.2) is 5.16 Å². The number of halogens is 3. The monoisotopic (exact) mass is 474 g/mol. The standard InChI is InChI=1S/C25H25F3N2O2S/c1-24(2,3)32-22(31)14-13-20-15-21(18-9-11-19(12-10-18)25(26,27)28)30-23(29-20)33-16-17-7-5-4-6-8-17/h4-12,15H,13-14,16H2,1-3H3. The smallest absolute Gasteiger partial charge is 0.416 e. The molecule has 0 N–H and O–H groups in total. The Kier molecular flexibility index (Phi) is 7.79. The third-order valence-corrected chi connectivity index (χ3v) is 5.40. The first kappa shape index (κ1) is 24.8. The molecule has 0 aliphatic rings. The Bertz CT molecular complexity index is 1080. The number of carbonyl (C=O) groups is 1. The number of carbonyl (C=O) groups excluding carboxylic acids is 1. The molecular formula is C25H25F3N2O2S. The molecule has 0 saturated carbocycles. The van der Waals surface area contributed by atoms with E-state index in [1.165, 1.54) is 23.9 Å². The Balaban J connectivity index is 1.84. The van der Waals surface area contributed by atoms with Crippen LogP contribution in [0.25, 0.3) is 11.3 Å². The van der Waals surface area contributed by atoms with E-state index in [9.17, 15) is 18.0 Å². The molecule has 3 rings (SSSR count). The number of aromatic nitrogens is 2. The van der Waals surface area contributed by atoms with Gasteiger partial charge in [-0.25, -0.2) is 9.97 Å². The molecule has 0 spiro atoms. The second-order valence-corrected chi connectivity index (χ2v) is 9.41. The number of benzene rings is 2. The molecule has 0 amide bonds. The Labute approximate surface area is 195 Å². The fourth-order valence-corrected chi connectivity index (χ4v) is 3.82. The summed E-state index contributed by atoms with van der Waals surface area (Å²) in [6.07, 6.45) is -3.92. The van der Waals surface area contributed by atoms with E-state index < -0.39 is 17.3 Å². The lowest BCUT2D eigenvalue weighted by molar-refractivity contribution is -0.154. The van der Waals surface area contributed by atoms with E-state index in [-0.39, 0.29) is 12.4 Å². The van der Waals surface area contributed by atoms with Gasteiger partial charge in [-0.1, -0.05) is 54.2 Å². The second-order valence-electron chi connectivity index (χ2n) is 8.46. The van der Waals surface area contributed by atoms with E-state index in [2.05, 4.69) is 9.97 Å². The van der Waals surface area contributed by atoms with E-state index in [0.717, 1.165) is 17.7 Å². The number of esters is 1. The van der Waals surface area contributed by atoms with Crippen LogP contribution in [0.4, 0.5) is 13.2 Å². The van der Waals surface area contributed by atoms with Gasteiger partial charge in [-0.2, -0.15) is 13.2 Å². The maximum absolute atomic E-state index is 12.9. The number of nitrogens with zero attached hydrogens (tertiary/aromatic N) is 2. The van der Waals surface area contributed by atoms with E-state index in [0.29, 0.717) is 34.3 Å². The van der Waals surface area contributed by atoms with E-state index >= 15 is 0 Å². The van der Waals surface area contributed by atoms with Crippen molar-refractivity contribution < 1.29 is 22.7 Å². The molecule has 1 heterocycles. The fraction of sp³-hybridized carbons (Fsp3) is 0.320. The van der Waals surface area contributed by atoms with Crippen molar-refractivity contribution in [3.63, 3.8) is 0 Å². The highest BCUT2D eigenvalue weighted by Crippen LogP contribution is 2.31. The first-order valence-electron chi connectivity index (χ1n) is 10.4. The Morgan fingerprint density at radius 1 is 0.970 bits per heavy atom. The maximum Gasteiger partial charge on any atom is 0.416 e. The number of hydrogen-bond donors (Lipinski definition) is 0. The molecule has 0 saturated heterocycles. The van der Waals surface area contributed by atoms with Gasteiger partial charge in [-0.15, -0.1) is 0 Å². The molecule has 8 heteroatoms. The van der Waals surface area contributed by atoms with Crippen molar-refractivity contribution in [2.75, 3.05) is 0 Å². The average Bonchev–Trinajstić information content (AvgIpc) is 2.75. The van der Waals surface area contributed by atoms with Crippen molar-refractivity contribution in [2.24, 2.45) is 0 Å². The molecule has 0 aliphatic heterocycles. The highest BCUT2D eigenvalue weighted by atomic mass is 32.2. The third kappa shape index (κ3) is 7.89. The molecule has 1 aromatic heterocycles. The van der Waals surface area contributed by atoms with Crippen LogP contribution in [-0.4, -0.2) is 21.5 Å². The summed E-state index contributed by atoms with van der Waals surface area (Å²) in [7, 11) is 0. The summed E-state index contributed by atoms with van der Waals surface area (Å²) < 4.78 is 44.2. The zero-order valence-electron chi connectivity index (χ0n) is 18.6. The maximum atomic E-state index is 12.9. The average molecular weight is 475 g/mol. The molecule has 3 aromatic rings. The largest absolute Gasteiger partial charge is 0.460 e. The summed E-state index contributed by atoms with van der Waals surface area (Å²) in [5.41, 5.74) is 1.48. The first-order chi connectivity index (χ1) is 15.5. The second kappa shape index (κ2) is 10.4. The molecular weight excluding hydrogens is 449 g/mol. The predicted molar refractivity (Wildman–Crippen MR) is 123 cm³/mol. The minimum atomic E-state index is -4.40. The molecule has 2 aromatic carbocycles. The van der Waals surface area contributed by atoms with Crippen molar-refractivity contribution in [3.05, 3.63) is 77.5 Å². The zero-order chi connectivity index (χ0) is 24.1. The van der Waals surface area contributed by atoms with E-state index in [4.69, 9.17) is 4.74 Å². The van der Waals surface area contributed by atoms with Crippen LogP contribution in [0.3, 0.4) is 0 Å². The summed E-state index contributed by atoms with van der Waals surface area (Å²) in [4.78, 5) is 21.3. The van der Waals surface area contributed by atoms with Crippen LogP contribution in [-0.2, 0) is 27.9 Å². The highest BCUT2D eigenvalue weighted by molar-refractivity contribution is 7.98. The minimum absolute atomic E-state index is 0.142. The van der Waals surface area contributed by atoms with Crippen molar-refractivity contribution >= 4 is 17.7 Å². The Hall–Kier alpha value is -2.87. The highest BCUT2D eigenvalue weighted by Gasteiger charge is 2.30. The van der Waals surface area contributed by atoms with Crippen LogP contribution in [0, 0.1) is 0 Å². The number of aryl methyl sites for hydroxylation is 1. The van der Waals surface area contributed by atoms with Crippen LogP contribution >= 0.6 is 11.8 Å². The number of alkyl halides is 3. The van der Waals surface area contributed by atoms with E-state index in [1.807, 2.05) is 30.3 Å². The summed E-state index contributed by atoms with van der Waals surface area (Å²) >= 11 is 1.43. The summed E-state index contributed by atoms with van der Waals surface area (Å²) in [6, 6.07) is 16.4. The fourth-order valence-electron chi connectivity index (χ4n) is 2.99. The molecule has 0 bridgehead atoms. The number of thioether (sulfide) groups is 1. The molecule has 174 valence electrons. The Morgan fingerprint density at radius 3 is 2.24 bits per heavy atom. The summed E-state index contributed by atoms with van der Waals surface area (Å²) in [6.45, 7) is 5.41. The van der Waals surface area contributed by atoms with Gasteiger partial charge in [-0.3, -0.25) is 4.79 Å². The molecule has 0 atom stereocenters. The summed E-state index contributed by atoms with van der Waals surface area (Å²) in [5.74, 6) is 0.304. The zero-order valence-corrected chi connectivity index (χ0v) is 19.5. The predicted octanol–water partition coefficient (Wildman–Crippen LogP) is 6.73. The molecule has 0 unspecified atom stereocenters. The van der Waals surface area contributed by atoms with Crippen molar-refractivity contribution in [3.8, 4) is 11.3 Å². The van der Waals surface area contributed by atoms with Gasteiger partial charge in [0.2, 0.25) is 0 Å². The summed E-state index contributed by atoms with van der Waals surface area (Å²) in [5, 5.41) is 0.496. The normalized spacial score (nSPS) is 11.9. The molecule has 0 fully saturated rings. The number of hydrogen-bond acceptors (Lipinski definition) is 5. The van der Waals surface area contributed by atoms with Crippen LogP contribution < -0.4 is 0 Å². The minimum Gasteiger partial charge on any atom is -0.460 e. The number of rotatable bonds is 7. The number of ether oxygens (including phenoxy) is 1. The molecule has 0 aliphatic carbocycles. The van der Waals surface area contributed by atoms with E-state index in [1.54, 1.807) is 26.8 Å². The lowest BCUT2D eigenvalue weighted by atomic mass is 10.1. The van der Waals surface area contributed by atoms with Gasteiger partial charge in [-0.05, 0) is 44.5 Å². The molecule has 0 radical (unpaired) electrons. The van der Waals surface area contributed by atoms with Crippen LogP contribution in [0.5, 0.6) is 0 Å². The van der Waals surface area contributed by atoms with Crippen molar-refractivity contribution in [1.82, 2.24) is 9.97 Å². The van der Waals surface area contributed by atoms with Gasteiger partial charge in [0.05, 0.1) is 17.7 Å². The van der Waals surface area contributed by atoms with Gasteiger partial charge in [0.1, 0.15) is 5.60 Å². The van der Waals surface area contributed by atoms with Gasteiger partial charge in [0.25, 0.3) is 0 Å². The van der Waals surface area contributed by atoms with Crippen molar-refractivity contribution in [2.45, 2.75) is 56.3 Å². The SMILES string of the molecule is CC(C)(C)OC(=O)CCc1cc(-c2ccc(C(F)(F)F)cc2)nc(SCc2ccccc2)n1. The van der Waals surface area contributed by atoms with Crippen LogP contribution in [0.2, 0.25) is 0 Å². The van der Waals surface area contributed by atoms with Gasteiger partial charge < -0.3 is 4.74 Å². The van der Waals surface area contributed by atoms with Crippen LogP contribution in [0.1, 0.15) is 44.0 Å². The lowest BCUT2D eigenvalue weighted by Gasteiger charge is -2.19. The van der Waals surface area contributed by atoms with Crippen molar-refractivity contribution in [1.29, 1.82) is 0 Å². The molecule has 33 heavy (non-hydrogen) atoms. The topological polar surface area (TPSA) is 52.1 Å². The third-order valence-electron chi connectivity index (χ3n) is 4.48. The molecule has 4 nitrogen and oxygen atoms in total. The quantitative estimate of drug-likeness (QED) is 0.216. The van der Waals surface area contributed by atoms with Gasteiger partial charge in [0, 0.05) is 23.4 Å². The Morgan fingerprint density at radius 2 is 1.64 bits per heavy atom. The first-order valence-corrected chi connectivity index (χ1v) is 11.4.